The molecule has 3 nitrogen and oxygen atoms in total. The second-order valence-electron chi connectivity index (χ2n) is 3.49. The van der Waals surface area contributed by atoms with Crippen LogP contribution in [0.4, 0.5) is 0 Å². The fourth-order valence-electron chi connectivity index (χ4n) is 1.28. The second kappa shape index (κ2) is 4.31. The number of carbonyl (C=O) groups excluding carboxylic acids is 1. The van der Waals surface area contributed by atoms with Gasteiger partial charge in [-0.15, -0.1) is 0 Å². The Bertz CT molecular complexity index is 323. The van der Waals surface area contributed by atoms with Crippen LogP contribution in [0.15, 0.2) is 10.5 Å². The molecule has 0 amide bonds. The molecule has 0 saturated carbocycles. The SMILES string of the molecule is CCc1oc(C(C)C)cc1C(=O)OC. The monoisotopic (exact) mass is 196 g/mol. The van der Waals surface area contributed by atoms with Crippen molar-refractivity contribution in [2.24, 2.45) is 0 Å². The lowest BCUT2D eigenvalue weighted by atomic mass is 10.1. The first kappa shape index (κ1) is 10.8. The highest BCUT2D eigenvalue weighted by Gasteiger charge is 2.18. The molecule has 0 unspecified atom stereocenters. The van der Waals surface area contributed by atoms with Gasteiger partial charge in [-0.3, -0.25) is 0 Å². The quantitative estimate of drug-likeness (QED) is 0.698. The van der Waals surface area contributed by atoms with Crippen LogP contribution in [0.5, 0.6) is 0 Å². The average molecular weight is 196 g/mol. The first-order valence-corrected chi connectivity index (χ1v) is 4.81. The standard InChI is InChI=1S/C11H16O3/c1-5-9-8(11(12)13-4)6-10(14-9)7(2)3/h6-7H,5H2,1-4H3. The zero-order valence-corrected chi connectivity index (χ0v) is 9.09. The van der Waals surface area contributed by atoms with Crippen LogP contribution in [0.1, 0.15) is 48.6 Å². The normalized spacial score (nSPS) is 10.6. The molecule has 1 heterocycles. The van der Waals surface area contributed by atoms with E-state index in [1.54, 1.807) is 6.07 Å². The molecule has 0 atom stereocenters. The Hall–Kier alpha value is -1.25. The molecule has 0 N–H and O–H groups in total. The van der Waals surface area contributed by atoms with Gasteiger partial charge in [-0.1, -0.05) is 20.8 Å². The van der Waals surface area contributed by atoms with E-state index in [-0.39, 0.29) is 5.97 Å². The van der Waals surface area contributed by atoms with Crippen LogP contribution in [0, 0.1) is 0 Å². The van der Waals surface area contributed by atoms with Crippen LogP contribution in [0.3, 0.4) is 0 Å². The summed E-state index contributed by atoms with van der Waals surface area (Å²) in [6.45, 7) is 6.01. The zero-order valence-electron chi connectivity index (χ0n) is 9.09. The van der Waals surface area contributed by atoms with Crippen molar-refractivity contribution in [2.45, 2.75) is 33.1 Å². The van der Waals surface area contributed by atoms with Gasteiger partial charge in [-0.05, 0) is 6.07 Å². The number of rotatable bonds is 3. The van der Waals surface area contributed by atoms with Crippen LogP contribution in [0.2, 0.25) is 0 Å². The molecular weight excluding hydrogens is 180 g/mol. The van der Waals surface area contributed by atoms with Gasteiger partial charge < -0.3 is 9.15 Å². The van der Waals surface area contributed by atoms with Crippen molar-refractivity contribution in [1.29, 1.82) is 0 Å². The smallest absolute Gasteiger partial charge is 0.341 e. The van der Waals surface area contributed by atoms with Gasteiger partial charge in [-0.25, -0.2) is 4.79 Å². The van der Waals surface area contributed by atoms with Crippen molar-refractivity contribution < 1.29 is 13.9 Å². The molecule has 0 aliphatic rings. The van der Waals surface area contributed by atoms with Gasteiger partial charge in [0.1, 0.15) is 17.1 Å². The van der Waals surface area contributed by atoms with Crippen molar-refractivity contribution in [3.8, 4) is 0 Å². The van der Waals surface area contributed by atoms with Crippen LogP contribution in [-0.2, 0) is 11.2 Å². The van der Waals surface area contributed by atoms with Gasteiger partial charge in [0.2, 0.25) is 0 Å². The van der Waals surface area contributed by atoms with E-state index < -0.39 is 0 Å². The van der Waals surface area contributed by atoms with E-state index in [0.717, 1.165) is 5.76 Å². The number of hydrogen-bond donors (Lipinski definition) is 0. The van der Waals surface area contributed by atoms with Gasteiger partial charge in [0, 0.05) is 12.3 Å². The van der Waals surface area contributed by atoms with Gasteiger partial charge in [0.15, 0.2) is 0 Å². The van der Waals surface area contributed by atoms with Crippen LogP contribution >= 0.6 is 0 Å². The molecule has 0 fully saturated rings. The van der Waals surface area contributed by atoms with Crippen LogP contribution in [-0.4, -0.2) is 13.1 Å². The Balaban J connectivity index is 3.08. The Morgan fingerprint density at radius 1 is 1.57 bits per heavy atom. The predicted octanol–water partition coefficient (Wildman–Crippen LogP) is 2.75. The molecule has 0 bridgehead atoms. The number of carbonyl (C=O) groups is 1. The average Bonchev–Trinajstić information content (AvgIpc) is 2.60. The molecule has 78 valence electrons. The Kier molecular flexibility index (Phi) is 3.33. The van der Waals surface area contributed by atoms with E-state index >= 15 is 0 Å². The molecule has 0 aliphatic carbocycles. The maximum atomic E-state index is 11.3. The fourth-order valence-corrected chi connectivity index (χ4v) is 1.28. The summed E-state index contributed by atoms with van der Waals surface area (Å²) in [5.41, 5.74) is 0.554. The van der Waals surface area contributed by atoms with E-state index in [0.29, 0.717) is 23.7 Å². The van der Waals surface area contributed by atoms with Gasteiger partial charge >= 0.3 is 5.97 Å². The van der Waals surface area contributed by atoms with E-state index in [9.17, 15) is 4.79 Å². The van der Waals surface area contributed by atoms with Crippen LogP contribution in [0.25, 0.3) is 0 Å². The fraction of sp³-hybridized carbons (Fsp3) is 0.545. The van der Waals surface area contributed by atoms with Crippen molar-refractivity contribution in [3.05, 3.63) is 23.2 Å². The summed E-state index contributed by atoms with van der Waals surface area (Å²) in [5.74, 6) is 1.51. The third-order valence-electron chi connectivity index (χ3n) is 2.12. The van der Waals surface area contributed by atoms with Gasteiger partial charge in [-0.2, -0.15) is 0 Å². The summed E-state index contributed by atoms with van der Waals surface area (Å²) in [6, 6.07) is 1.77. The summed E-state index contributed by atoms with van der Waals surface area (Å²) in [7, 11) is 1.38. The summed E-state index contributed by atoms with van der Waals surface area (Å²) < 4.78 is 10.2. The first-order chi connectivity index (χ1) is 6.60. The summed E-state index contributed by atoms with van der Waals surface area (Å²) in [4.78, 5) is 11.3. The van der Waals surface area contributed by atoms with Crippen molar-refractivity contribution in [2.75, 3.05) is 7.11 Å². The highest BCUT2D eigenvalue weighted by molar-refractivity contribution is 5.90. The lowest BCUT2D eigenvalue weighted by Crippen LogP contribution is -2.02. The van der Waals surface area contributed by atoms with E-state index in [1.165, 1.54) is 7.11 Å². The minimum absolute atomic E-state index is 0.290. The molecular formula is C11H16O3. The number of hydrogen-bond acceptors (Lipinski definition) is 3. The minimum atomic E-state index is -0.322. The van der Waals surface area contributed by atoms with E-state index in [4.69, 9.17) is 4.42 Å². The van der Waals surface area contributed by atoms with Crippen molar-refractivity contribution in [1.82, 2.24) is 0 Å². The third-order valence-corrected chi connectivity index (χ3v) is 2.12. The number of aryl methyl sites for hydroxylation is 1. The number of esters is 1. The maximum absolute atomic E-state index is 11.3. The highest BCUT2D eigenvalue weighted by atomic mass is 16.5. The van der Waals surface area contributed by atoms with Crippen LogP contribution < -0.4 is 0 Å². The Morgan fingerprint density at radius 2 is 2.21 bits per heavy atom. The molecule has 0 spiro atoms. The summed E-state index contributed by atoms with van der Waals surface area (Å²) in [6.07, 6.45) is 0.706. The second-order valence-corrected chi connectivity index (χ2v) is 3.49. The summed E-state index contributed by atoms with van der Waals surface area (Å²) >= 11 is 0. The zero-order chi connectivity index (χ0) is 10.7. The summed E-state index contributed by atoms with van der Waals surface area (Å²) in [5, 5.41) is 0. The minimum Gasteiger partial charge on any atom is -0.465 e. The Morgan fingerprint density at radius 3 is 2.64 bits per heavy atom. The molecule has 0 saturated heterocycles. The Labute approximate surface area is 84.1 Å². The molecule has 0 radical (unpaired) electrons. The molecule has 0 aliphatic heterocycles. The molecule has 1 aromatic heterocycles. The maximum Gasteiger partial charge on any atom is 0.341 e. The van der Waals surface area contributed by atoms with Crippen molar-refractivity contribution >= 4 is 5.97 Å². The molecule has 1 rings (SSSR count). The number of ether oxygens (including phenoxy) is 1. The van der Waals surface area contributed by atoms with E-state index in [2.05, 4.69) is 4.74 Å². The first-order valence-electron chi connectivity index (χ1n) is 4.81. The largest absolute Gasteiger partial charge is 0.465 e. The predicted molar refractivity (Wildman–Crippen MR) is 53.5 cm³/mol. The molecule has 0 aromatic carbocycles. The lowest BCUT2D eigenvalue weighted by molar-refractivity contribution is 0.0598. The number of methoxy groups -OCH3 is 1. The van der Waals surface area contributed by atoms with Gasteiger partial charge in [0.05, 0.1) is 7.11 Å². The number of furan rings is 1. The third kappa shape index (κ3) is 1.97. The molecule has 3 heteroatoms. The molecule has 14 heavy (non-hydrogen) atoms. The van der Waals surface area contributed by atoms with Crippen molar-refractivity contribution in [3.63, 3.8) is 0 Å². The van der Waals surface area contributed by atoms with Gasteiger partial charge in [0.25, 0.3) is 0 Å². The molecule has 1 aromatic rings. The lowest BCUT2D eigenvalue weighted by Gasteiger charge is -1.97. The topological polar surface area (TPSA) is 39.4 Å². The van der Waals surface area contributed by atoms with E-state index in [1.807, 2.05) is 20.8 Å². The highest BCUT2D eigenvalue weighted by Crippen LogP contribution is 2.23.